The highest BCUT2D eigenvalue weighted by molar-refractivity contribution is 7.99. The summed E-state index contributed by atoms with van der Waals surface area (Å²) in [5, 5.41) is 2.91. The number of nitrogens with one attached hydrogen (secondary N) is 1. The van der Waals surface area contributed by atoms with E-state index in [9.17, 15) is 4.79 Å². The monoisotopic (exact) mass is 329 g/mol. The molecule has 0 heterocycles. The van der Waals surface area contributed by atoms with E-state index >= 15 is 0 Å². The molecule has 4 heteroatoms. The van der Waals surface area contributed by atoms with Crippen molar-refractivity contribution in [1.82, 2.24) is 0 Å². The van der Waals surface area contributed by atoms with E-state index in [2.05, 4.69) is 30.4 Å². The third-order valence-electron chi connectivity index (χ3n) is 3.07. The first-order valence-corrected chi connectivity index (χ1v) is 8.88. The third kappa shape index (κ3) is 6.37. The first-order chi connectivity index (χ1) is 11.0. The van der Waals surface area contributed by atoms with Crippen LogP contribution in [0.2, 0.25) is 0 Å². The number of benzene rings is 2. The zero-order chi connectivity index (χ0) is 16.7. The molecule has 0 aromatic heterocycles. The van der Waals surface area contributed by atoms with Crippen LogP contribution in [0.15, 0.2) is 48.5 Å². The molecule has 0 unspecified atom stereocenters. The van der Waals surface area contributed by atoms with Crippen LogP contribution >= 0.6 is 11.8 Å². The zero-order valence-electron chi connectivity index (χ0n) is 13.8. The molecule has 0 aliphatic carbocycles. The molecule has 0 bridgehead atoms. The summed E-state index contributed by atoms with van der Waals surface area (Å²) >= 11 is 1.61. The van der Waals surface area contributed by atoms with Crippen molar-refractivity contribution in [3.63, 3.8) is 0 Å². The van der Waals surface area contributed by atoms with Gasteiger partial charge in [0.2, 0.25) is 5.91 Å². The molecule has 0 saturated carbocycles. The number of aryl methyl sites for hydroxylation is 1. The fourth-order valence-corrected chi connectivity index (χ4v) is 2.95. The van der Waals surface area contributed by atoms with Crippen LogP contribution in [-0.2, 0) is 10.5 Å². The van der Waals surface area contributed by atoms with Gasteiger partial charge in [0.1, 0.15) is 5.75 Å². The Kier molecular flexibility index (Phi) is 6.53. The second-order valence-electron chi connectivity index (χ2n) is 5.72. The smallest absolute Gasteiger partial charge is 0.234 e. The summed E-state index contributed by atoms with van der Waals surface area (Å²) in [4.78, 5) is 12.0. The molecule has 0 atom stereocenters. The highest BCUT2D eigenvalue weighted by atomic mass is 32.2. The Labute approximate surface area is 142 Å². The van der Waals surface area contributed by atoms with Gasteiger partial charge in [0.05, 0.1) is 11.9 Å². The van der Waals surface area contributed by atoms with E-state index in [1.165, 1.54) is 11.1 Å². The van der Waals surface area contributed by atoms with Crippen LogP contribution in [0.4, 0.5) is 5.69 Å². The molecular weight excluding hydrogens is 306 g/mol. The number of thioether (sulfide) groups is 1. The predicted molar refractivity (Wildman–Crippen MR) is 98.2 cm³/mol. The third-order valence-corrected chi connectivity index (χ3v) is 4.08. The van der Waals surface area contributed by atoms with Crippen molar-refractivity contribution in [2.45, 2.75) is 32.6 Å². The largest absolute Gasteiger partial charge is 0.491 e. The zero-order valence-corrected chi connectivity index (χ0v) is 14.7. The Morgan fingerprint density at radius 1 is 1.17 bits per heavy atom. The van der Waals surface area contributed by atoms with Crippen molar-refractivity contribution < 1.29 is 9.53 Å². The number of hydrogen-bond acceptors (Lipinski definition) is 3. The van der Waals surface area contributed by atoms with Gasteiger partial charge < -0.3 is 10.1 Å². The second-order valence-corrected chi connectivity index (χ2v) is 6.71. The first-order valence-electron chi connectivity index (χ1n) is 7.73. The highest BCUT2D eigenvalue weighted by Crippen LogP contribution is 2.19. The summed E-state index contributed by atoms with van der Waals surface area (Å²) in [6, 6.07) is 15.9. The van der Waals surface area contributed by atoms with Crippen molar-refractivity contribution in [2.75, 3.05) is 11.1 Å². The quantitative estimate of drug-likeness (QED) is 0.803. The molecule has 0 aliphatic rings. The van der Waals surface area contributed by atoms with Crippen molar-refractivity contribution >= 4 is 23.4 Å². The van der Waals surface area contributed by atoms with E-state index in [4.69, 9.17) is 4.74 Å². The number of carbonyl (C=O) groups is 1. The Balaban J connectivity index is 1.80. The standard InChI is InChI=1S/C19H23NO2S/c1-14(2)22-18-9-5-8-17(11-18)20-19(21)13-23-12-16-7-4-6-15(3)10-16/h4-11,14H,12-13H2,1-3H3,(H,20,21). The average Bonchev–Trinajstić information content (AvgIpc) is 2.47. The molecular formula is C19H23NO2S. The lowest BCUT2D eigenvalue weighted by atomic mass is 10.2. The lowest BCUT2D eigenvalue weighted by Gasteiger charge is -2.11. The summed E-state index contributed by atoms with van der Waals surface area (Å²) < 4.78 is 5.63. The van der Waals surface area contributed by atoms with Gasteiger partial charge in [-0.15, -0.1) is 11.8 Å². The number of carbonyl (C=O) groups excluding carboxylic acids is 1. The van der Waals surface area contributed by atoms with Crippen LogP contribution in [-0.4, -0.2) is 17.8 Å². The molecule has 122 valence electrons. The summed E-state index contributed by atoms with van der Waals surface area (Å²) in [6.45, 7) is 6.04. The summed E-state index contributed by atoms with van der Waals surface area (Å²) in [5.74, 6) is 2.05. The van der Waals surface area contributed by atoms with Crippen LogP contribution in [0, 0.1) is 6.92 Å². The second kappa shape index (κ2) is 8.63. The molecule has 0 aliphatic heterocycles. The molecule has 23 heavy (non-hydrogen) atoms. The molecule has 0 fully saturated rings. The maximum atomic E-state index is 12.0. The van der Waals surface area contributed by atoms with E-state index in [0.29, 0.717) is 5.75 Å². The Hall–Kier alpha value is -1.94. The van der Waals surface area contributed by atoms with Gasteiger partial charge in [-0.05, 0) is 38.5 Å². The SMILES string of the molecule is Cc1cccc(CSCC(=O)Nc2cccc(OC(C)C)c2)c1. The molecule has 2 aromatic carbocycles. The van der Waals surface area contributed by atoms with E-state index in [-0.39, 0.29) is 12.0 Å². The Morgan fingerprint density at radius 2 is 1.96 bits per heavy atom. The summed E-state index contributed by atoms with van der Waals surface area (Å²) in [6.07, 6.45) is 0.117. The van der Waals surface area contributed by atoms with Gasteiger partial charge in [-0.25, -0.2) is 0 Å². The molecule has 3 nitrogen and oxygen atoms in total. The molecule has 1 N–H and O–H groups in total. The van der Waals surface area contributed by atoms with Crippen LogP contribution in [0.1, 0.15) is 25.0 Å². The van der Waals surface area contributed by atoms with Gasteiger partial charge in [-0.3, -0.25) is 4.79 Å². The first kappa shape index (κ1) is 17.4. The molecule has 0 spiro atoms. The maximum absolute atomic E-state index is 12.0. The normalized spacial score (nSPS) is 10.6. The van der Waals surface area contributed by atoms with Crippen molar-refractivity contribution in [1.29, 1.82) is 0 Å². The van der Waals surface area contributed by atoms with Crippen LogP contribution < -0.4 is 10.1 Å². The van der Waals surface area contributed by atoms with Crippen LogP contribution in [0.3, 0.4) is 0 Å². The van der Waals surface area contributed by atoms with Gasteiger partial charge in [-0.2, -0.15) is 0 Å². The molecule has 1 amide bonds. The van der Waals surface area contributed by atoms with Gasteiger partial charge >= 0.3 is 0 Å². The van der Waals surface area contributed by atoms with Gasteiger partial charge in [-0.1, -0.05) is 35.9 Å². The van der Waals surface area contributed by atoms with Gasteiger partial charge in [0, 0.05) is 17.5 Å². The maximum Gasteiger partial charge on any atom is 0.234 e. The summed E-state index contributed by atoms with van der Waals surface area (Å²) in [7, 11) is 0. The fraction of sp³-hybridized carbons (Fsp3) is 0.316. The van der Waals surface area contributed by atoms with Gasteiger partial charge in [0.25, 0.3) is 0 Å². The van der Waals surface area contributed by atoms with E-state index < -0.39 is 0 Å². The lowest BCUT2D eigenvalue weighted by Crippen LogP contribution is -2.14. The predicted octanol–water partition coefficient (Wildman–Crippen LogP) is 4.65. The van der Waals surface area contributed by atoms with Crippen molar-refractivity contribution in [3.8, 4) is 5.75 Å². The minimum absolute atomic E-state index is 0.00403. The molecule has 2 aromatic rings. The number of hydrogen-bond donors (Lipinski definition) is 1. The minimum atomic E-state index is 0.00403. The molecule has 0 saturated heterocycles. The lowest BCUT2D eigenvalue weighted by molar-refractivity contribution is -0.113. The van der Waals surface area contributed by atoms with E-state index in [1.54, 1.807) is 11.8 Å². The van der Waals surface area contributed by atoms with Crippen molar-refractivity contribution in [2.24, 2.45) is 0 Å². The topological polar surface area (TPSA) is 38.3 Å². The highest BCUT2D eigenvalue weighted by Gasteiger charge is 2.05. The Morgan fingerprint density at radius 3 is 2.70 bits per heavy atom. The fourth-order valence-electron chi connectivity index (χ4n) is 2.18. The van der Waals surface area contributed by atoms with E-state index in [0.717, 1.165) is 17.2 Å². The Bertz CT molecular complexity index is 655. The van der Waals surface area contributed by atoms with Crippen LogP contribution in [0.5, 0.6) is 5.75 Å². The number of anilines is 1. The van der Waals surface area contributed by atoms with E-state index in [1.807, 2.05) is 44.2 Å². The molecule has 2 rings (SSSR count). The molecule has 0 radical (unpaired) electrons. The van der Waals surface area contributed by atoms with Crippen molar-refractivity contribution in [3.05, 3.63) is 59.7 Å². The average molecular weight is 329 g/mol. The number of amides is 1. The van der Waals surface area contributed by atoms with Gasteiger partial charge in [0.15, 0.2) is 0 Å². The minimum Gasteiger partial charge on any atom is -0.491 e. The van der Waals surface area contributed by atoms with Crippen LogP contribution in [0.25, 0.3) is 0 Å². The summed E-state index contributed by atoms with van der Waals surface area (Å²) in [5.41, 5.74) is 3.26. The number of rotatable bonds is 7. The number of ether oxygens (including phenoxy) is 1.